The predicted molar refractivity (Wildman–Crippen MR) is 59.2 cm³/mol. The highest BCUT2D eigenvalue weighted by atomic mass is 32.1. The van der Waals surface area contributed by atoms with Gasteiger partial charge in [-0.2, -0.15) is 0 Å². The van der Waals surface area contributed by atoms with Gasteiger partial charge < -0.3 is 9.84 Å². The Labute approximate surface area is 87.1 Å². The van der Waals surface area contributed by atoms with E-state index < -0.39 is 5.60 Å². The van der Waals surface area contributed by atoms with Crippen molar-refractivity contribution in [3.8, 4) is 0 Å². The zero-order chi connectivity index (χ0) is 10.5. The van der Waals surface area contributed by atoms with Gasteiger partial charge >= 0.3 is 0 Å². The molecule has 0 heterocycles. The van der Waals surface area contributed by atoms with E-state index in [4.69, 9.17) is 4.74 Å². The molecule has 0 aliphatic rings. The molecule has 2 atom stereocenters. The molecule has 0 radical (unpaired) electrons. The van der Waals surface area contributed by atoms with Gasteiger partial charge in [-0.1, -0.05) is 13.8 Å². The zero-order valence-electron chi connectivity index (χ0n) is 9.13. The second-order valence-corrected chi connectivity index (χ2v) is 4.92. The lowest BCUT2D eigenvalue weighted by molar-refractivity contribution is -0.0196. The molecule has 0 rings (SSSR count). The van der Waals surface area contributed by atoms with Gasteiger partial charge in [0.2, 0.25) is 0 Å². The van der Waals surface area contributed by atoms with E-state index >= 15 is 0 Å². The van der Waals surface area contributed by atoms with Crippen molar-refractivity contribution in [2.45, 2.75) is 57.5 Å². The third kappa shape index (κ3) is 6.36. The van der Waals surface area contributed by atoms with E-state index in [2.05, 4.69) is 12.6 Å². The predicted octanol–water partition coefficient (Wildman–Crippen LogP) is 2.61. The normalized spacial score (nSPS) is 20.8. The average molecular weight is 206 g/mol. The first-order chi connectivity index (χ1) is 5.83. The molecule has 0 aromatic rings. The minimum absolute atomic E-state index is 0.357. The van der Waals surface area contributed by atoms with Crippen molar-refractivity contribution in [2.75, 3.05) is 6.61 Å². The highest BCUT2D eigenvalue weighted by molar-refractivity contribution is 7.81. The third-order valence-corrected chi connectivity index (χ3v) is 2.92. The second-order valence-electron chi connectivity index (χ2n) is 3.98. The first-order valence-electron chi connectivity index (χ1n) is 4.91. The van der Waals surface area contributed by atoms with Crippen LogP contribution in [0.2, 0.25) is 0 Å². The monoisotopic (exact) mass is 206 g/mol. The van der Waals surface area contributed by atoms with E-state index in [9.17, 15) is 5.11 Å². The number of rotatable bonds is 6. The molecule has 0 aliphatic carbocycles. The summed E-state index contributed by atoms with van der Waals surface area (Å²) in [4.78, 5) is -0.357. The summed E-state index contributed by atoms with van der Waals surface area (Å²) >= 11 is 4.34. The molecule has 0 aromatic heterocycles. The number of hydrogen-bond acceptors (Lipinski definition) is 3. The maximum absolute atomic E-state index is 9.69. The van der Waals surface area contributed by atoms with Gasteiger partial charge in [-0.15, -0.1) is 12.6 Å². The minimum atomic E-state index is -0.600. The summed E-state index contributed by atoms with van der Waals surface area (Å²) in [6.07, 6.45) is 2.29. The Morgan fingerprint density at radius 2 is 1.77 bits per heavy atom. The van der Waals surface area contributed by atoms with Crippen molar-refractivity contribution in [1.82, 2.24) is 0 Å². The van der Waals surface area contributed by atoms with Gasteiger partial charge in [0.25, 0.3) is 0 Å². The summed E-state index contributed by atoms with van der Waals surface area (Å²) in [5.74, 6) is 0. The number of aliphatic hydroxyl groups is 1. The lowest BCUT2D eigenvalue weighted by Gasteiger charge is -2.26. The van der Waals surface area contributed by atoms with Crippen LogP contribution in [0.15, 0.2) is 0 Å². The molecule has 0 saturated carbocycles. The summed E-state index contributed by atoms with van der Waals surface area (Å²) in [5.41, 5.74) is -0.600. The maximum atomic E-state index is 9.69. The van der Waals surface area contributed by atoms with Crippen LogP contribution in [0.25, 0.3) is 0 Å². The van der Waals surface area contributed by atoms with E-state index in [1.165, 1.54) is 0 Å². The third-order valence-electron chi connectivity index (χ3n) is 2.47. The topological polar surface area (TPSA) is 29.5 Å². The molecule has 1 N–H and O–H groups in total. The molecule has 2 nitrogen and oxygen atoms in total. The van der Waals surface area contributed by atoms with Crippen molar-refractivity contribution in [3.63, 3.8) is 0 Å². The summed E-state index contributed by atoms with van der Waals surface area (Å²) < 4.78 is 5.52. The van der Waals surface area contributed by atoms with Crippen LogP contribution >= 0.6 is 12.6 Å². The molecule has 0 amide bonds. The van der Waals surface area contributed by atoms with Crippen molar-refractivity contribution < 1.29 is 9.84 Å². The van der Waals surface area contributed by atoms with Crippen LogP contribution in [0.5, 0.6) is 0 Å². The summed E-state index contributed by atoms with van der Waals surface area (Å²) in [6, 6.07) is 0. The zero-order valence-corrected chi connectivity index (χ0v) is 10.0. The molecular formula is C10H22O2S. The summed E-state index contributed by atoms with van der Waals surface area (Å²) in [5, 5.41) is 9.69. The Morgan fingerprint density at radius 3 is 2.15 bits per heavy atom. The van der Waals surface area contributed by atoms with Crippen molar-refractivity contribution in [1.29, 1.82) is 0 Å². The van der Waals surface area contributed by atoms with Gasteiger partial charge in [-0.05, 0) is 33.1 Å². The SMILES string of the molecule is CCC(C)(O)CCOC(C)(S)CC. The van der Waals surface area contributed by atoms with Gasteiger partial charge in [-0.3, -0.25) is 0 Å². The fourth-order valence-corrected chi connectivity index (χ4v) is 0.861. The molecule has 0 fully saturated rings. The average Bonchev–Trinajstić information content (AvgIpc) is 2.04. The molecule has 0 saturated heterocycles. The van der Waals surface area contributed by atoms with Crippen LogP contribution in [0.1, 0.15) is 47.0 Å². The Balaban J connectivity index is 3.68. The number of thiol groups is 1. The molecule has 13 heavy (non-hydrogen) atoms. The molecular weight excluding hydrogens is 184 g/mol. The van der Waals surface area contributed by atoms with E-state index in [0.29, 0.717) is 13.0 Å². The number of ether oxygens (including phenoxy) is 1. The van der Waals surface area contributed by atoms with Crippen LogP contribution in [0.4, 0.5) is 0 Å². The Kier molecular flexibility index (Phi) is 5.33. The van der Waals surface area contributed by atoms with Crippen molar-refractivity contribution in [2.24, 2.45) is 0 Å². The quantitative estimate of drug-likeness (QED) is 0.517. The molecule has 0 aromatic carbocycles. The van der Waals surface area contributed by atoms with Crippen LogP contribution in [-0.4, -0.2) is 22.2 Å². The molecule has 2 unspecified atom stereocenters. The smallest absolute Gasteiger partial charge is 0.107 e. The highest BCUT2D eigenvalue weighted by Crippen LogP contribution is 2.21. The lowest BCUT2D eigenvalue weighted by Crippen LogP contribution is -2.28. The van der Waals surface area contributed by atoms with Crippen LogP contribution in [0, 0.1) is 0 Å². The summed E-state index contributed by atoms with van der Waals surface area (Å²) in [7, 11) is 0. The van der Waals surface area contributed by atoms with E-state index in [0.717, 1.165) is 12.8 Å². The van der Waals surface area contributed by atoms with Crippen molar-refractivity contribution >= 4 is 12.6 Å². The Bertz CT molecular complexity index is 128. The molecule has 0 aliphatic heterocycles. The largest absolute Gasteiger partial charge is 0.390 e. The van der Waals surface area contributed by atoms with E-state index in [-0.39, 0.29) is 4.93 Å². The second kappa shape index (κ2) is 5.23. The summed E-state index contributed by atoms with van der Waals surface area (Å²) in [6.45, 7) is 8.34. The molecule has 3 heteroatoms. The lowest BCUT2D eigenvalue weighted by atomic mass is 10.0. The molecule has 0 bridgehead atoms. The first-order valence-corrected chi connectivity index (χ1v) is 5.36. The fourth-order valence-electron chi connectivity index (χ4n) is 0.770. The molecule has 80 valence electrons. The van der Waals surface area contributed by atoms with E-state index in [1.807, 2.05) is 27.7 Å². The van der Waals surface area contributed by atoms with E-state index in [1.54, 1.807) is 0 Å². The Morgan fingerprint density at radius 1 is 1.23 bits per heavy atom. The van der Waals surface area contributed by atoms with Crippen molar-refractivity contribution in [3.05, 3.63) is 0 Å². The molecule has 0 spiro atoms. The standard InChI is InChI=1S/C10H22O2S/c1-5-9(3,11)7-8-12-10(4,13)6-2/h11,13H,5-8H2,1-4H3. The first kappa shape index (κ1) is 13.3. The maximum Gasteiger partial charge on any atom is 0.107 e. The fraction of sp³-hybridized carbons (Fsp3) is 1.00. The Hall–Kier alpha value is 0.270. The highest BCUT2D eigenvalue weighted by Gasteiger charge is 2.21. The van der Waals surface area contributed by atoms with Crippen LogP contribution in [0.3, 0.4) is 0 Å². The van der Waals surface area contributed by atoms with Crippen LogP contribution < -0.4 is 0 Å². The minimum Gasteiger partial charge on any atom is -0.390 e. The van der Waals surface area contributed by atoms with Gasteiger partial charge in [0.1, 0.15) is 4.93 Å². The number of hydrogen-bond donors (Lipinski definition) is 2. The van der Waals surface area contributed by atoms with Crippen LogP contribution in [-0.2, 0) is 4.74 Å². The van der Waals surface area contributed by atoms with Gasteiger partial charge in [0, 0.05) is 0 Å². The van der Waals surface area contributed by atoms with Gasteiger partial charge in [0.15, 0.2) is 0 Å². The van der Waals surface area contributed by atoms with Gasteiger partial charge in [0.05, 0.1) is 12.2 Å². The van der Waals surface area contributed by atoms with Gasteiger partial charge in [-0.25, -0.2) is 0 Å².